The van der Waals surface area contributed by atoms with Crippen molar-refractivity contribution >= 4 is 29.3 Å². The highest BCUT2D eigenvalue weighted by Gasteiger charge is 2.36. The summed E-state index contributed by atoms with van der Waals surface area (Å²) >= 11 is 0. The molecule has 0 aromatic heterocycles. The smallest absolute Gasteiger partial charge is 0.337 e. The zero-order valence-electron chi connectivity index (χ0n) is 20.4. The molecule has 4 rings (SSSR count). The van der Waals surface area contributed by atoms with E-state index in [9.17, 15) is 14.4 Å². The number of methoxy groups -OCH3 is 1. The van der Waals surface area contributed by atoms with Crippen LogP contribution in [0.4, 0.5) is 20.6 Å². The fourth-order valence-electron chi connectivity index (χ4n) is 4.17. The molecule has 1 aliphatic rings. The second kappa shape index (κ2) is 12.0. The van der Waals surface area contributed by atoms with E-state index >= 15 is 4.39 Å². The number of halogens is 1. The molecular weight excluding hydrogens is 477 g/mol. The number of anilines is 2. The van der Waals surface area contributed by atoms with Crippen molar-refractivity contribution in [1.29, 1.82) is 0 Å². The average Bonchev–Trinajstić information content (AvgIpc) is 3.41. The molecule has 2 N–H and O–H groups in total. The van der Waals surface area contributed by atoms with Crippen molar-refractivity contribution in [3.05, 3.63) is 90.0 Å². The van der Waals surface area contributed by atoms with Gasteiger partial charge in [-0.3, -0.25) is 4.79 Å². The van der Waals surface area contributed by atoms with E-state index in [4.69, 9.17) is 4.74 Å². The molecule has 3 amide bonds. The second-order valence-corrected chi connectivity index (χ2v) is 8.60. The Balaban J connectivity index is 1.30. The first-order valence-electron chi connectivity index (χ1n) is 11.9. The molecule has 1 unspecified atom stereocenters. The Morgan fingerprint density at radius 1 is 0.946 bits per heavy atom. The molecule has 37 heavy (non-hydrogen) atoms. The molecule has 2 atom stereocenters. The number of carbonyl (C=O) groups excluding carboxylic acids is 3. The van der Waals surface area contributed by atoms with Crippen LogP contribution in [0.3, 0.4) is 0 Å². The average molecular weight is 506 g/mol. The number of esters is 1. The molecule has 192 valence electrons. The van der Waals surface area contributed by atoms with Crippen molar-refractivity contribution in [2.75, 3.05) is 24.3 Å². The van der Waals surface area contributed by atoms with E-state index in [1.165, 1.54) is 36.3 Å². The number of hydrogen-bond donors (Lipinski definition) is 2. The highest BCUT2D eigenvalue weighted by molar-refractivity contribution is 5.99. The summed E-state index contributed by atoms with van der Waals surface area (Å²) in [4.78, 5) is 38.2. The molecule has 1 aliphatic heterocycles. The molecule has 1 saturated heterocycles. The molecular formula is C28H28FN3O5. The van der Waals surface area contributed by atoms with E-state index in [0.717, 1.165) is 5.56 Å². The van der Waals surface area contributed by atoms with E-state index in [0.29, 0.717) is 36.3 Å². The monoisotopic (exact) mass is 505 g/mol. The topological polar surface area (TPSA) is 97.0 Å². The van der Waals surface area contributed by atoms with Gasteiger partial charge >= 0.3 is 12.0 Å². The van der Waals surface area contributed by atoms with Crippen LogP contribution in [-0.4, -0.2) is 48.9 Å². The van der Waals surface area contributed by atoms with Gasteiger partial charge in [-0.2, -0.15) is 4.39 Å². The number of hydrogen-bond acceptors (Lipinski definition) is 5. The normalized spacial score (nSPS) is 15.5. The summed E-state index contributed by atoms with van der Waals surface area (Å²) in [5.41, 5.74) is 2.34. The number of benzene rings is 3. The summed E-state index contributed by atoms with van der Waals surface area (Å²) in [6.45, 7) is 0.452. The van der Waals surface area contributed by atoms with Crippen molar-refractivity contribution in [2.45, 2.75) is 31.7 Å². The lowest BCUT2D eigenvalue weighted by atomic mass is 10.1. The number of amides is 3. The lowest BCUT2D eigenvalue weighted by molar-refractivity contribution is -0.135. The van der Waals surface area contributed by atoms with Gasteiger partial charge in [0.05, 0.1) is 25.1 Å². The Bertz CT molecular complexity index is 1220. The van der Waals surface area contributed by atoms with E-state index in [1.54, 1.807) is 36.4 Å². The van der Waals surface area contributed by atoms with Crippen LogP contribution in [0.2, 0.25) is 0 Å². The largest absolute Gasteiger partial charge is 0.465 e. The summed E-state index contributed by atoms with van der Waals surface area (Å²) in [6.07, 6.45) is -0.425. The summed E-state index contributed by atoms with van der Waals surface area (Å²) in [5.74, 6) is -0.425. The zero-order chi connectivity index (χ0) is 26.2. The first-order chi connectivity index (χ1) is 17.9. The minimum absolute atomic E-state index is 0.105. The van der Waals surface area contributed by atoms with Crippen LogP contribution in [0.5, 0.6) is 5.75 Å². The van der Waals surface area contributed by atoms with Gasteiger partial charge < -0.3 is 25.0 Å². The van der Waals surface area contributed by atoms with Crippen LogP contribution in [0.25, 0.3) is 0 Å². The third-order valence-electron chi connectivity index (χ3n) is 6.04. The lowest BCUT2D eigenvalue weighted by Gasteiger charge is -2.27. The van der Waals surface area contributed by atoms with Crippen molar-refractivity contribution < 1.29 is 28.2 Å². The van der Waals surface area contributed by atoms with Gasteiger partial charge in [-0.15, -0.1) is 0 Å². The molecule has 0 aliphatic carbocycles. The lowest BCUT2D eigenvalue weighted by Crippen LogP contribution is -2.44. The first kappa shape index (κ1) is 25.7. The Morgan fingerprint density at radius 2 is 1.59 bits per heavy atom. The number of urea groups is 1. The Hall–Kier alpha value is -4.40. The molecule has 8 nitrogen and oxygen atoms in total. The van der Waals surface area contributed by atoms with E-state index < -0.39 is 18.4 Å². The molecule has 0 saturated carbocycles. The number of nitrogens with one attached hydrogen (secondary N) is 2. The van der Waals surface area contributed by atoms with Gasteiger partial charge in [-0.05, 0) is 66.9 Å². The molecule has 3 aromatic carbocycles. The molecule has 0 spiro atoms. The van der Waals surface area contributed by atoms with Crippen molar-refractivity contribution in [1.82, 2.24) is 4.90 Å². The van der Waals surface area contributed by atoms with Crippen molar-refractivity contribution in [3.8, 4) is 5.75 Å². The first-order valence-corrected chi connectivity index (χ1v) is 11.9. The number of carbonyl (C=O) groups is 3. The van der Waals surface area contributed by atoms with Crippen LogP contribution in [0.15, 0.2) is 78.9 Å². The standard InChI is InChI=1S/C28H28FN3O5/c1-36-27(34)20-11-15-23(16-12-20)37-26(29)24-8-5-17-32(24)25(33)18-19-9-13-22(14-10-19)31-28(35)30-21-6-3-2-4-7-21/h2-4,6-7,9-16,24,26H,5,8,17-18H2,1H3,(H2,30,31,35)/t24-,26?/m0/s1. The summed E-state index contributed by atoms with van der Waals surface area (Å²) in [5, 5.41) is 5.49. The Morgan fingerprint density at radius 3 is 2.24 bits per heavy atom. The van der Waals surface area contributed by atoms with Gasteiger partial charge in [0.25, 0.3) is 6.36 Å². The molecule has 3 aromatic rings. The SMILES string of the molecule is COC(=O)c1ccc(OC(F)[C@@H]2CCCN2C(=O)Cc2ccc(NC(=O)Nc3ccccc3)cc2)cc1. The minimum atomic E-state index is -1.70. The van der Waals surface area contributed by atoms with Crippen molar-refractivity contribution in [3.63, 3.8) is 0 Å². The second-order valence-electron chi connectivity index (χ2n) is 8.60. The zero-order valence-corrected chi connectivity index (χ0v) is 20.4. The maximum absolute atomic E-state index is 15.0. The van der Waals surface area contributed by atoms with Gasteiger partial charge in [-0.25, -0.2) is 9.59 Å². The highest BCUT2D eigenvalue weighted by atomic mass is 19.1. The molecule has 1 heterocycles. The predicted octanol–water partition coefficient (Wildman–Crippen LogP) is 5.03. The van der Waals surface area contributed by atoms with Crippen LogP contribution in [-0.2, 0) is 16.0 Å². The molecule has 0 radical (unpaired) electrons. The molecule has 0 bridgehead atoms. The van der Waals surface area contributed by atoms with Gasteiger partial charge in [0.2, 0.25) is 5.91 Å². The van der Waals surface area contributed by atoms with Crippen LogP contribution in [0, 0.1) is 0 Å². The van der Waals surface area contributed by atoms with E-state index in [2.05, 4.69) is 15.4 Å². The minimum Gasteiger partial charge on any atom is -0.465 e. The van der Waals surface area contributed by atoms with Crippen molar-refractivity contribution in [2.24, 2.45) is 0 Å². The summed E-state index contributed by atoms with van der Waals surface area (Å²) in [7, 11) is 1.28. The fraction of sp³-hybridized carbons (Fsp3) is 0.250. The van der Waals surface area contributed by atoms with Gasteiger partial charge in [-0.1, -0.05) is 30.3 Å². The maximum Gasteiger partial charge on any atom is 0.337 e. The number of rotatable bonds is 8. The summed E-state index contributed by atoms with van der Waals surface area (Å²) < 4.78 is 25.1. The van der Waals surface area contributed by atoms with E-state index in [1.807, 2.05) is 18.2 Å². The van der Waals surface area contributed by atoms with Gasteiger partial charge in [0.15, 0.2) is 0 Å². The van der Waals surface area contributed by atoms with Crippen LogP contribution in [0.1, 0.15) is 28.8 Å². The number of alkyl halides is 1. The number of nitrogens with zero attached hydrogens (tertiary/aromatic N) is 1. The van der Waals surface area contributed by atoms with E-state index in [-0.39, 0.29) is 24.1 Å². The van der Waals surface area contributed by atoms with Gasteiger partial charge in [0, 0.05) is 17.9 Å². The molecule has 1 fully saturated rings. The quantitative estimate of drug-likeness (QED) is 0.419. The third-order valence-corrected chi connectivity index (χ3v) is 6.04. The highest BCUT2D eigenvalue weighted by Crippen LogP contribution is 2.26. The number of ether oxygens (including phenoxy) is 2. The third kappa shape index (κ3) is 6.84. The molecule has 9 heteroatoms. The Labute approximate surface area is 214 Å². The van der Waals surface area contributed by atoms with Gasteiger partial charge in [0.1, 0.15) is 5.75 Å². The summed E-state index contributed by atoms with van der Waals surface area (Å²) in [6, 6.07) is 20.9. The van der Waals surface area contributed by atoms with Crippen LogP contribution < -0.4 is 15.4 Å². The van der Waals surface area contributed by atoms with Crippen LogP contribution >= 0.6 is 0 Å². The number of para-hydroxylation sites is 1. The maximum atomic E-state index is 15.0. The Kier molecular flexibility index (Phi) is 8.35. The number of likely N-dealkylation sites (tertiary alicyclic amines) is 1. The predicted molar refractivity (Wildman–Crippen MR) is 137 cm³/mol. The fourth-order valence-corrected chi connectivity index (χ4v) is 4.17.